The van der Waals surface area contributed by atoms with E-state index in [0.717, 1.165) is 43.2 Å². The quantitative estimate of drug-likeness (QED) is 0.934. The molecule has 0 aromatic carbocycles. The van der Waals surface area contributed by atoms with Crippen molar-refractivity contribution in [3.05, 3.63) is 48.2 Å². The van der Waals surface area contributed by atoms with Crippen molar-refractivity contribution in [1.29, 1.82) is 0 Å². The maximum atomic E-state index is 9.65. The molecule has 0 radical (unpaired) electrons. The van der Waals surface area contributed by atoms with Gasteiger partial charge in [-0.1, -0.05) is 0 Å². The summed E-state index contributed by atoms with van der Waals surface area (Å²) in [6, 6.07) is 8.04. The van der Waals surface area contributed by atoms with Gasteiger partial charge in [-0.2, -0.15) is 0 Å². The van der Waals surface area contributed by atoms with Crippen LogP contribution in [-0.2, 0) is 13.1 Å². The van der Waals surface area contributed by atoms with Gasteiger partial charge in [0.2, 0.25) is 0 Å². The number of pyridine rings is 1. The third kappa shape index (κ3) is 3.09. The highest BCUT2D eigenvalue weighted by molar-refractivity contribution is 5.51. The molecular formula is C16H21N3O2. The van der Waals surface area contributed by atoms with Crippen molar-refractivity contribution in [2.45, 2.75) is 25.6 Å². The highest BCUT2D eigenvalue weighted by Crippen LogP contribution is 2.25. The summed E-state index contributed by atoms with van der Waals surface area (Å²) in [4.78, 5) is 8.99. The van der Waals surface area contributed by atoms with Crippen LogP contribution in [0, 0.1) is 0 Å². The lowest BCUT2D eigenvalue weighted by molar-refractivity contribution is 0.195. The average molecular weight is 287 g/mol. The Morgan fingerprint density at radius 1 is 1.38 bits per heavy atom. The van der Waals surface area contributed by atoms with Gasteiger partial charge in [0, 0.05) is 26.3 Å². The van der Waals surface area contributed by atoms with Gasteiger partial charge in [-0.05, 0) is 30.7 Å². The zero-order valence-corrected chi connectivity index (χ0v) is 12.3. The van der Waals surface area contributed by atoms with E-state index in [-0.39, 0.29) is 12.6 Å². The highest BCUT2D eigenvalue weighted by Gasteiger charge is 2.23. The number of anilines is 1. The molecule has 0 spiro atoms. The van der Waals surface area contributed by atoms with Crippen LogP contribution in [0.4, 0.5) is 5.69 Å². The summed E-state index contributed by atoms with van der Waals surface area (Å²) < 4.78 is 5.45. The van der Waals surface area contributed by atoms with E-state index < -0.39 is 0 Å². The topological polar surface area (TPSA) is 52.7 Å². The van der Waals surface area contributed by atoms with E-state index in [0.29, 0.717) is 0 Å². The number of hydrogen-bond acceptors (Lipinski definition) is 5. The Morgan fingerprint density at radius 2 is 2.29 bits per heavy atom. The van der Waals surface area contributed by atoms with E-state index in [9.17, 15) is 5.11 Å². The molecule has 2 aromatic rings. The van der Waals surface area contributed by atoms with E-state index in [4.69, 9.17) is 4.42 Å². The Bertz CT molecular complexity index is 571. The summed E-state index contributed by atoms with van der Waals surface area (Å²) in [6.07, 6.45) is 4.45. The lowest BCUT2D eigenvalue weighted by Gasteiger charge is -2.35. The van der Waals surface area contributed by atoms with Gasteiger partial charge in [-0.25, -0.2) is 0 Å². The van der Waals surface area contributed by atoms with E-state index in [1.54, 1.807) is 6.26 Å². The van der Waals surface area contributed by atoms with Crippen molar-refractivity contribution in [3.8, 4) is 0 Å². The highest BCUT2D eigenvalue weighted by atomic mass is 16.3. The minimum absolute atomic E-state index is 0.118. The molecule has 0 aliphatic carbocycles. The van der Waals surface area contributed by atoms with Crippen molar-refractivity contribution < 1.29 is 9.52 Å². The molecule has 0 amide bonds. The molecule has 21 heavy (non-hydrogen) atoms. The molecule has 0 bridgehead atoms. The molecule has 1 aliphatic heterocycles. The first-order valence-corrected chi connectivity index (χ1v) is 7.30. The second-order valence-corrected chi connectivity index (χ2v) is 5.50. The van der Waals surface area contributed by atoms with Crippen molar-refractivity contribution in [2.75, 3.05) is 25.1 Å². The molecule has 2 aromatic heterocycles. The van der Waals surface area contributed by atoms with Crippen molar-refractivity contribution in [1.82, 2.24) is 9.88 Å². The molecular weight excluding hydrogens is 266 g/mol. The minimum atomic E-state index is 0.118. The van der Waals surface area contributed by atoms with Crippen LogP contribution < -0.4 is 4.90 Å². The number of aliphatic hydroxyl groups is 1. The lowest BCUT2D eigenvalue weighted by Crippen LogP contribution is -2.41. The van der Waals surface area contributed by atoms with E-state index >= 15 is 0 Å². The molecule has 0 fully saturated rings. The van der Waals surface area contributed by atoms with Crippen LogP contribution in [0.25, 0.3) is 0 Å². The van der Waals surface area contributed by atoms with Gasteiger partial charge in [0.15, 0.2) is 0 Å². The van der Waals surface area contributed by atoms with E-state index in [1.807, 2.05) is 31.4 Å². The fraction of sp³-hybridized carbons (Fsp3) is 0.438. The van der Waals surface area contributed by atoms with Gasteiger partial charge in [0.1, 0.15) is 5.76 Å². The molecule has 5 heteroatoms. The zero-order valence-electron chi connectivity index (χ0n) is 12.3. The second kappa shape index (κ2) is 6.28. The van der Waals surface area contributed by atoms with Crippen molar-refractivity contribution in [3.63, 3.8) is 0 Å². The van der Waals surface area contributed by atoms with Gasteiger partial charge >= 0.3 is 0 Å². The number of furan rings is 1. The molecule has 1 atom stereocenters. The monoisotopic (exact) mass is 287 g/mol. The van der Waals surface area contributed by atoms with Gasteiger partial charge in [-0.15, -0.1) is 0 Å². The van der Waals surface area contributed by atoms with Crippen LogP contribution in [-0.4, -0.2) is 41.2 Å². The smallest absolute Gasteiger partial charge is 0.117 e. The van der Waals surface area contributed by atoms with Crippen LogP contribution in [0.15, 0.2) is 41.1 Å². The second-order valence-electron chi connectivity index (χ2n) is 5.50. The van der Waals surface area contributed by atoms with Crippen LogP contribution >= 0.6 is 0 Å². The predicted molar refractivity (Wildman–Crippen MR) is 81.0 cm³/mol. The third-order valence-corrected chi connectivity index (χ3v) is 4.12. The van der Waals surface area contributed by atoms with Crippen LogP contribution in [0.2, 0.25) is 0 Å². The fourth-order valence-electron chi connectivity index (χ4n) is 2.86. The third-order valence-electron chi connectivity index (χ3n) is 4.12. The summed E-state index contributed by atoms with van der Waals surface area (Å²) >= 11 is 0. The molecule has 1 unspecified atom stereocenters. The summed E-state index contributed by atoms with van der Waals surface area (Å²) in [7, 11) is 2.03. The molecule has 5 nitrogen and oxygen atoms in total. The maximum Gasteiger partial charge on any atom is 0.117 e. The van der Waals surface area contributed by atoms with Crippen LogP contribution in [0.1, 0.15) is 17.9 Å². The molecule has 1 N–H and O–H groups in total. The predicted octanol–water partition coefficient (Wildman–Crippen LogP) is 1.88. The molecule has 3 heterocycles. The molecule has 0 saturated heterocycles. The fourth-order valence-corrected chi connectivity index (χ4v) is 2.86. The summed E-state index contributed by atoms with van der Waals surface area (Å²) in [6.45, 7) is 2.62. The summed E-state index contributed by atoms with van der Waals surface area (Å²) in [5.74, 6) is 0.960. The first-order valence-electron chi connectivity index (χ1n) is 7.30. The average Bonchev–Trinajstić information content (AvgIpc) is 2.99. The lowest BCUT2D eigenvalue weighted by atomic mass is 10.1. The number of hydrogen-bond donors (Lipinski definition) is 1. The number of rotatable bonds is 3. The van der Waals surface area contributed by atoms with E-state index in [2.05, 4.69) is 20.9 Å². The van der Waals surface area contributed by atoms with Crippen LogP contribution in [0.5, 0.6) is 0 Å². The van der Waals surface area contributed by atoms with E-state index in [1.165, 1.54) is 0 Å². The van der Waals surface area contributed by atoms with Crippen molar-refractivity contribution >= 4 is 5.69 Å². The first-order chi connectivity index (χ1) is 10.3. The Kier molecular flexibility index (Phi) is 4.22. The van der Waals surface area contributed by atoms with Gasteiger partial charge < -0.3 is 14.4 Å². The number of fused-ring (bicyclic) bond motifs is 1. The number of likely N-dealkylation sites (N-methyl/N-ethyl adjacent to an activating group) is 1. The number of aromatic nitrogens is 1. The molecule has 0 saturated carbocycles. The van der Waals surface area contributed by atoms with Gasteiger partial charge in [0.05, 0.1) is 36.8 Å². The molecule has 1 aliphatic rings. The Balaban J connectivity index is 1.85. The maximum absolute atomic E-state index is 9.65. The zero-order chi connectivity index (χ0) is 14.7. The number of nitrogens with zero attached hydrogens (tertiary/aromatic N) is 3. The van der Waals surface area contributed by atoms with Crippen LogP contribution in [0.3, 0.4) is 0 Å². The van der Waals surface area contributed by atoms with Crippen molar-refractivity contribution in [2.24, 2.45) is 0 Å². The Hall–Kier alpha value is -1.85. The van der Waals surface area contributed by atoms with Gasteiger partial charge in [-0.3, -0.25) is 9.88 Å². The SMILES string of the molecule is CN1c2cccnc2CN(Cc2ccco2)CCC1CO. The number of aliphatic hydroxyl groups excluding tert-OH is 1. The Morgan fingerprint density at radius 3 is 3.05 bits per heavy atom. The standard InChI is InChI=1S/C16H21N3O2/c1-18-13(12-20)6-8-19(10-14-4-3-9-21-14)11-15-16(18)5-2-7-17-15/h2-5,7,9,13,20H,6,8,10-12H2,1H3. The largest absolute Gasteiger partial charge is 0.468 e. The van der Waals surface area contributed by atoms with Gasteiger partial charge in [0.25, 0.3) is 0 Å². The summed E-state index contributed by atoms with van der Waals surface area (Å²) in [5.41, 5.74) is 2.14. The minimum Gasteiger partial charge on any atom is -0.468 e. The summed E-state index contributed by atoms with van der Waals surface area (Å²) in [5, 5.41) is 9.65. The first kappa shape index (κ1) is 14.1. The normalized spacial score (nSPS) is 19.9. The molecule has 112 valence electrons. The molecule has 3 rings (SSSR count). The Labute approximate surface area is 124 Å².